The summed E-state index contributed by atoms with van der Waals surface area (Å²) in [6.45, 7) is 10.2. The first-order valence-electron chi connectivity index (χ1n) is 14.6. The van der Waals surface area contributed by atoms with E-state index in [0.29, 0.717) is 16.3 Å². The van der Waals surface area contributed by atoms with Crippen molar-refractivity contribution in [1.82, 2.24) is 19.3 Å². The lowest BCUT2D eigenvalue weighted by atomic mass is 9.81. The van der Waals surface area contributed by atoms with E-state index in [0.717, 1.165) is 33.8 Å². The van der Waals surface area contributed by atoms with Gasteiger partial charge in [-0.3, -0.25) is 9.36 Å². The minimum Gasteiger partial charge on any atom is -0.497 e. The summed E-state index contributed by atoms with van der Waals surface area (Å²) in [7, 11) is 1.65. The molecule has 46 heavy (non-hydrogen) atoms. The van der Waals surface area contributed by atoms with E-state index in [-0.39, 0.29) is 24.0 Å². The van der Waals surface area contributed by atoms with E-state index >= 15 is 0 Å². The highest BCUT2D eigenvalue weighted by Crippen LogP contribution is 2.31. The third kappa shape index (κ3) is 7.39. The topological polar surface area (TPSA) is 83.5 Å². The molecule has 1 amide bonds. The molecule has 3 aromatic carbocycles. The van der Waals surface area contributed by atoms with Crippen LogP contribution in [-0.2, 0) is 10.2 Å². The van der Waals surface area contributed by atoms with Crippen molar-refractivity contribution in [3.8, 4) is 34.3 Å². The van der Waals surface area contributed by atoms with Crippen LogP contribution in [0.15, 0.2) is 83.4 Å². The molecule has 240 valence electrons. The number of benzene rings is 3. The number of aryl methyl sites for hydroxylation is 1. The van der Waals surface area contributed by atoms with Crippen molar-refractivity contribution < 1.29 is 27.4 Å². The van der Waals surface area contributed by atoms with E-state index in [2.05, 4.69) is 33.7 Å². The van der Waals surface area contributed by atoms with E-state index in [4.69, 9.17) is 4.74 Å². The summed E-state index contributed by atoms with van der Waals surface area (Å²) in [5.41, 5.74) is 4.79. The number of rotatable bonds is 9. The number of amides is 1. The van der Waals surface area contributed by atoms with Crippen LogP contribution in [0.25, 0.3) is 22.8 Å². The van der Waals surface area contributed by atoms with Gasteiger partial charge in [0.05, 0.1) is 18.5 Å². The van der Waals surface area contributed by atoms with Crippen LogP contribution in [0.3, 0.4) is 0 Å². The summed E-state index contributed by atoms with van der Waals surface area (Å²) in [6, 6.07) is 18.9. The van der Waals surface area contributed by atoms with Crippen molar-refractivity contribution in [1.29, 1.82) is 0 Å². The smallest absolute Gasteiger partial charge is 0.497 e. The first-order chi connectivity index (χ1) is 21.7. The van der Waals surface area contributed by atoms with Gasteiger partial charge in [0.25, 0.3) is 0 Å². The molecule has 2 heterocycles. The molecule has 8 nitrogen and oxygen atoms in total. The number of carbonyl (C=O) groups excluding carboxylic acids is 1. The van der Waals surface area contributed by atoms with Gasteiger partial charge in [0.1, 0.15) is 17.8 Å². The molecule has 0 aliphatic heterocycles. The first kappa shape index (κ1) is 32.7. The minimum atomic E-state index is -4.76. The van der Waals surface area contributed by atoms with Gasteiger partial charge in [-0.1, -0.05) is 52.0 Å². The van der Waals surface area contributed by atoms with Gasteiger partial charge in [-0.2, -0.15) is 4.99 Å². The van der Waals surface area contributed by atoms with Crippen molar-refractivity contribution in [3.63, 3.8) is 0 Å². The molecule has 0 saturated carbocycles. The van der Waals surface area contributed by atoms with Gasteiger partial charge >= 0.3 is 6.36 Å². The number of ether oxygens (including phenoxy) is 2. The van der Waals surface area contributed by atoms with Crippen LogP contribution in [0.1, 0.15) is 56.9 Å². The molecule has 5 aromatic rings. The maximum atomic E-state index is 13.3. The lowest BCUT2D eigenvalue weighted by Crippen LogP contribution is -2.24. The molecule has 0 N–H and O–H groups in total. The maximum Gasteiger partial charge on any atom is 0.573 e. The number of hydrogen-bond acceptors (Lipinski definition) is 6. The third-order valence-corrected chi connectivity index (χ3v) is 8.48. The Kier molecular flexibility index (Phi) is 9.20. The van der Waals surface area contributed by atoms with Crippen LogP contribution in [0.2, 0.25) is 0 Å². The van der Waals surface area contributed by atoms with Crippen LogP contribution in [-0.4, -0.2) is 38.7 Å². The highest BCUT2D eigenvalue weighted by molar-refractivity contribution is 7.07. The van der Waals surface area contributed by atoms with Gasteiger partial charge in [0, 0.05) is 23.1 Å². The Bertz CT molecular complexity index is 1900. The summed E-state index contributed by atoms with van der Waals surface area (Å²) in [6.07, 6.45) is -3.07. The average molecular weight is 650 g/mol. The summed E-state index contributed by atoms with van der Waals surface area (Å²) in [5, 5.41) is 6.47. The molecule has 12 heteroatoms. The standard InChI is InChI=1S/C34H34F3N5O3S/c1-21(2)28-17-27(44-6)15-16-29(28)42-22(3)19-46-32(42)39-30(43)18-33(4,5)24-9-7-23(8-10-24)31-38-20-41(40-31)25-11-13-26(14-12-25)45-34(35,36)37/h7-17,19-21H,18H2,1-6H3. The highest BCUT2D eigenvalue weighted by atomic mass is 32.1. The molecule has 0 radical (unpaired) electrons. The SMILES string of the molecule is COc1ccc(-n2c(C)csc2=NC(=O)CC(C)(C)c2ccc(-c3ncn(-c4ccc(OC(F)(F)F)cc4)n3)cc2)c(C(C)C)c1. The molecule has 0 saturated heterocycles. The van der Waals surface area contributed by atoms with Gasteiger partial charge in [0.2, 0.25) is 5.91 Å². The fraction of sp³-hybridized carbons (Fsp3) is 0.294. The number of alkyl halides is 3. The lowest BCUT2D eigenvalue weighted by molar-refractivity contribution is -0.274. The van der Waals surface area contributed by atoms with Gasteiger partial charge in [0.15, 0.2) is 10.6 Å². The molecular weight excluding hydrogens is 615 g/mol. The number of thiazole rings is 1. The fourth-order valence-corrected chi connectivity index (χ4v) is 5.99. The summed E-state index contributed by atoms with van der Waals surface area (Å²) >= 11 is 1.43. The van der Waals surface area contributed by atoms with E-state index in [1.54, 1.807) is 7.11 Å². The fourth-order valence-electron chi connectivity index (χ4n) is 5.11. The first-order valence-corrected chi connectivity index (χ1v) is 15.4. The summed E-state index contributed by atoms with van der Waals surface area (Å²) < 4.78 is 50.2. The molecule has 0 spiro atoms. The molecule has 0 bridgehead atoms. The Labute approximate surface area is 268 Å². The number of methoxy groups -OCH3 is 1. The van der Waals surface area contributed by atoms with Crippen molar-refractivity contribution >= 4 is 17.2 Å². The second kappa shape index (κ2) is 13.0. The van der Waals surface area contributed by atoms with Crippen molar-refractivity contribution in [3.05, 3.63) is 100 Å². The Hall–Kier alpha value is -4.71. The van der Waals surface area contributed by atoms with Gasteiger partial charge in [-0.15, -0.1) is 29.6 Å². The molecule has 0 atom stereocenters. The lowest BCUT2D eigenvalue weighted by Gasteiger charge is -2.23. The number of halogens is 3. The number of nitrogens with zero attached hydrogens (tertiary/aromatic N) is 5. The zero-order valence-corrected chi connectivity index (χ0v) is 27.1. The van der Waals surface area contributed by atoms with Crippen LogP contribution >= 0.6 is 11.3 Å². The van der Waals surface area contributed by atoms with E-state index in [1.807, 2.05) is 73.2 Å². The summed E-state index contributed by atoms with van der Waals surface area (Å²) in [5.74, 6) is 0.919. The Morgan fingerprint density at radius 1 is 1.00 bits per heavy atom. The predicted molar refractivity (Wildman–Crippen MR) is 171 cm³/mol. The molecule has 2 aromatic heterocycles. The van der Waals surface area contributed by atoms with Crippen LogP contribution < -0.4 is 14.3 Å². The normalized spacial score (nSPS) is 12.5. The molecule has 0 fully saturated rings. The largest absolute Gasteiger partial charge is 0.573 e. The van der Waals surface area contributed by atoms with Crippen molar-refractivity contribution in [2.24, 2.45) is 4.99 Å². The molecule has 0 aliphatic rings. The van der Waals surface area contributed by atoms with Crippen LogP contribution in [0.5, 0.6) is 11.5 Å². The van der Waals surface area contributed by atoms with E-state index in [9.17, 15) is 18.0 Å². The molecule has 0 unspecified atom stereocenters. The number of hydrogen-bond donors (Lipinski definition) is 0. The minimum absolute atomic E-state index is 0.198. The van der Waals surface area contributed by atoms with Crippen molar-refractivity contribution in [2.75, 3.05) is 7.11 Å². The van der Waals surface area contributed by atoms with Gasteiger partial charge in [-0.25, -0.2) is 9.67 Å². The van der Waals surface area contributed by atoms with Crippen molar-refractivity contribution in [2.45, 2.75) is 58.7 Å². The van der Waals surface area contributed by atoms with Crippen LogP contribution in [0, 0.1) is 6.92 Å². The number of aromatic nitrogens is 4. The Morgan fingerprint density at radius 3 is 2.30 bits per heavy atom. The highest BCUT2D eigenvalue weighted by Gasteiger charge is 2.31. The third-order valence-electron chi connectivity index (χ3n) is 7.54. The maximum absolute atomic E-state index is 13.3. The molecule has 0 aliphatic carbocycles. The zero-order valence-electron chi connectivity index (χ0n) is 26.3. The Morgan fingerprint density at radius 2 is 1.67 bits per heavy atom. The average Bonchev–Trinajstić information content (AvgIpc) is 3.63. The monoisotopic (exact) mass is 649 g/mol. The molecule has 5 rings (SSSR count). The molecular formula is C34H34F3N5O3S. The summed E-state index contributed by atoms with van der Waals surface area (Å²) in [4.78, 5) is 22.9. The second-order valence-electron chi connectivity index (χ2n) is 11.8. The van der Waals surface area contributed by atoms with E-state index < -0.39 is 11.8 Å². The zero-order chi connectivity index (χ0) is 33.2. The number of carbonyl (C=O) groups is 1. The van der Waals surface area contributed by atoms with Crippen LogP contribution in [0.4, 0.5) is 13.2 Å². The van der Waals surface area contributed by atoms with E-state index in [1.165, 1.54) is 46.6 Å². The predicted octanol–water partition coefficient (Wildman–Crippen LogP) is 7.92. The van der Waals surface area contributed by atoms with Gasteiger partial charge < -0.3 is 9.47 Å². The second-order valence-corrected chi connectivity index (χ2v) is 12.6. The van der Waals surface area contributed by atoms with Gasteiger partial charge in [-0.05, 0) is 71.8 Å². The Balaban J connectivity index is 1.32. The quantitative estimate of drug-likeness (QED) is 0.162.